The second-order valence-corrected chi connectivity index (χ2v) is 13.2. The summed E-state index contributed by atoms with van der Waals surface area (Å²) in [5.74, 6) is -0.0632. The number of aldehydes is 10. The van der Waals surface area contributed by atoms with Gasteiger partial charge in [0.05, 0.1) is 9.75 Å². The summed E-state index contributed by atoms with van der Waals surface area (Å²) in [4.78, 5) is 103. The Morgan fingerprint density at radius 3 is 1.43 bits per heavy atom. The highest BCUT2D eigenvalue weighted by atomic mass is 32.1. The van der Waals surface area contributed by atoms with Crippen LogP contribution in [0.4, 0.5) is 0 Å². The molecule has 0 saturated carbocycles. The van der Waals surface area contributed by atoms with E-state index in [1.54, 1.807) is 50.2 Å². The van der Waals surface area contributed by atoms with Crippen LogP contribution in [0.1, 0.15) is 102 Å². The van der Waals surface area contributed by atoms with E-state index < -0.39 is 5.79 Å². The maximum Gasteiger partial charge on any atom is 0.245 e. The molecule has 1 aliphatic heterocycles. The highest BCUT2D eigenvalue weighted by molar-refractivity contribution is 7.15. The number of rotatable bonds is 10. The van der Waals surface area contributed by atoms with E-state index in [0.717, 1.165) is 61.7 Å². The molecular formula is C40H38O13S. The summed E-state index contributed by atoms with van der Waals surface area (Å²) in [6, 6.07) is 12.6. The molecular weight excluding hydrogens is 720 g/mol. The average molecular weight is 759 g/mol. The zero-order chi connectivity index (χ0) is 40.6. The van der Waals surface area contributed by atoms with Crippen LogP contribution in [0.15, 0.2) is 99.9 Å². The molecule has 0 fully saturated rings. The second-order valence-electron chi connectivity index (χ2n) is 12.1. The minimum absolute atomic E-state index is 0.0971. The molecule has 3 heterocycles. The molecule has 0 radical (unpaired) electrons. The Balaban J connectivity index is 0.000000341. The largest absolute Gasteiger partial charge is 0.453 e. The first-order valence-electron chi connectivity index (χ1n) is 15.8. The van der Waals surface area contributed by atoms with Gasteiger partial charge in [-0.15, -0.1) is 11.3 Å². The topological polar surface area (TPSA) is 202 Å². The molecule has 0 atom stereocenters. The number of carbonyl (C=O) groups excluding carboxylic acids is 10. The van der Waals surface area contributed by atoms with E-state index in [0.29, 0.717) is 51.8 Å². The SMILES string of the molecule is CC1(C)CC(C=O)=C/C(=C\C=O)C1.CC1(C)OC(C=O)=C/C(=C\C=O)O1.O=Cc1ccc(C=O)cc1.O=Cc1ccc(C=O)o1.O=Cc1ccc(C=O)s1. The van der Waals surface area contributed by atoms with Gasteiger partial charge in [0, 0.05) is 37.1 Å². The molecule has 2 aliphatic rings. The van der Waals surface area contributed by atoms with Crippen LogP contribution in [-0.2, 0) is 28.7 Å². The molecule has 54 heavy (non-hydrogen) atoms. The van der Waals surface area contributed by atoms with Crippen molar-refractivity contribution in [2.24, 2.45) is 5.41 Å². The van der Waals surface area contributed by atoms with Crippen LogP contribution in [0.3, 0.4) is 0 Å². The Bertz CT molecular complexity index is 1720. The average Bonchev–Trinajstić information content (AvgIpc) is 3.85. The third-order valence-corrected chi connectivity index (χ3v) is 7.43. The van der Waals surface area contributed by atoms with E-state index in [1.165, 1.54) is 41.7 Å². The van der Waals surface area contributed by atoms with Crippen molar-refractivity contribution in [2.75, 3.05) is 0 Å². The smallest absolute Gasteiger partial charge is 0.245 e. The van der Waals surface area contributed by atoms with Crippen LogP contribution < -0.4 is 0 Å². The first-order valence-corrected chi connectivity index (χ1v) is 16.6. The predicted octanol–water partition coefficient (Wildman–Crippen LogP) is 6.58. The van der Waals surface area contributed by atoms with E-state index in [2.05, 4.69) is 18.3 Å². The van der Waals surface area contributed by atoms with E-state index in [-0.39, 0.29) is 22.7 Å². The molecule has 0 saturated heterocycles. The van der Waals surface area contributed by atoms with E-state index in [4.69, 9.17) is 9.47 Å². The number of benzene rings is 1. The lowest BCUT2D eigenvalue weighted by molar-refractivity contribution is -0.174. The summed E-state index contributed by atoms with van der Waals surface area (Å²) in [5, 5.41) is 0. The van der Waals surface area contributed by atoms with Gasteiger partial charge in [-0.1, -0.05) is 44.2 Å². The maximum absolute atomic E-state index is 10.6. The lowest BCUT2D eigenvalue weighted by Crippen LogP contribution is -2.31. The minimum Gasteiger partial charge on any atom is -0.453 e. The van der Waals surface area contributed by atoms with Crippen LogP contribution >= 0.6 is 11.3 Å². The van der Waals surface area contributed by atoms with Crippen LogP contribution in [0.25, 0.3) is 0 Å². The third-order valence-electron chi connectivity index (χ3n) is 6.50. The van der Waals surface area contributed by atoms with Gasteiger partial charge in [-0.2, -0.15) is 0 Å². The summed E-state index contributed by atoms with van der Waals surface area (Å²) in [6.45, 7) is 7.51. The Hall–Kier alpha value is -6.54. The highest BCUT2D eigenvalue weighted by Gasteiger charge is 2.28. The lowest BCUT2D eigenvalue weighted by atomic mass is 9.75. The molecule has 2 aromatic heterocycles. The molecule has 5 rings (SSSR count). The number of hydrogen-bond acceptors (Lipinski definition) is 14. The molecule has 1 aromatic carbocycles. The van der Waals surface area contributed by atoms with Crippen LogP contribution in [0.5, 0.6) is 0 Å². The van der Waals surface area contributed by atoms with Crippen molar-refractivity contribution in [3.8, 4) is 0 Å². The summed E-state index contributed by atoms with van der Waals surface area (Å²) in [7, 11) is 0. The fraction of sp³-hybridized carbons (Fsp3) is 0.200. The van der Waals surface area contributed by atoms with E-state index >= 15 is 0 Å². The van der Waals surface area contributed by atoms with Gasteiger partial charge in [-0.3, -0.25) is 47.9 Å². The Labute approximate surface area is 315 Å². The predicted molar refractivity (Wildman–Crippen MR) is 198 cm³/mol. The highest BCUT2D eigenvalue weighted by Crippen LogP contribution is 2.36. The Morgan fingerprint density at radius 2 is 1.06 bits per heavy atom. The van der Waals surface area contributed by atoms with Crippen LogP contribution in [-0.4, -0.2) is 68.6 Å². The molecule has 0 spiro atoms. The lowest BCUT2D eigenvalue weighted by Gasteiger charge is -2.31. The first-order chi connectivity index (χ1) is 25.7. The van der Waals surface area contributed by atoms with Gasteiger partial charge in [0.2, 0.25) is 5.79 Å². The van der Waals surface area contributed by atoms with Crippen LogP contribution in [0, 0.1) is 5.41 Å². The molecule has 1 aliphatic carbocycles. The second kappa shape index (κ2) is 23.8. The molecule has 14 heteroatoms. The number of carbonyl (C=O) groups is 10. The first kappa shape index (κ1) is 45.5. The zero-order valence-corrected chi connectivity index (χ0v) is 30.6. The van der Waals surface area contributed by atoms with Crippen molar-refractivity contribution in [1.82, 2.24) is 0 Å². The maximum atomic E-state index is 10.6. The normalized spacial score (nSPS) is 15.8. The van der Waals surface area contributed by atoms with Crippen molar-refractivity contribution in [2.45, 2.75) is 46.3 Å². The van der Waals surface area contributed by atoms with E-state index in [9.17, 15) is 47.9 Å². The zero-order valence-electron chi connectivity index (χ0n) is 29.8. The summed E-state index contributed by atoms with van der Waals surface area (Å²) in [5.41, 5.74) is 3.01. The molecule has 0 N–H and O–H groups in total. The monoisotopic (exact) mass is 758 g/mol. The van der Waals surface area contributed by atoms with Gasteiger partial charge in [-0.25, -0.2) is 0 Å². The number of furan rings is 1. The third kappa shape index (κ3) is 17.6. The van der Waals surface area contributed by atoms with Gasteiger partial charge in [-0.05, 0) is 59.7 Å². The fourth-order valence-corrected chi connectivity index (χ4v) is 5.06. The number of hydrogen-bond donors (Lipinski definition) is 0. The Kier molecular flexibility index (Phi) is 20.1. The molecule has 3 aromatic rings. The Morgan fingerprint density at radius 1 is 0.537 bits per heavy atom. The standard InChI is InChI=1S/C11H14O2.C9H10O4.C8H6O2.C6H4O3.C6H4O2S/c1-11(2)6-9(3-4-12)5-10(7-11)8-13;1-9(2)12-7(3-4-10)5-8(6-11)13-9;9-5-7-1-2-8(6-10)4-3-7;2*7-3-5-1-2-6(4-8)9-5/h3-5,8H,6-7H2,1-2H3;3-6H,1-2H3;1-6H;2*1-4H/b9-3+;7-3+;;;. The molecule has 0 amide bonds. The van der Waals surface area contributed by atoms with Crippen molar-refractivity contribution in [1.29, 1.82) is 0 Å². The van der Waals surface area contributed by atoms with Gasteiger partial charge in [0.25, 0.3) is 0 Å². The molecule has 0 unspecified atom stereocenters. The van der Waals surface area contributed by atoms with Gasteiger partial charge in [0.15, 0.2) is 48.7 Å². The number of thiophene rings is 1. The summed E-state index contributed by atoms with van der Waals surface area (Å²) >= 11 is 1.20. The van der Waals surface area contributed by atoms with Crippen molar-refractivity contribution < 1.29 is 61.8 Å². The van der Waals surface area contributed by atoms with Crippen molar-refractivity contribution in [3.05, 3.63) is 128 Å². The number of allylic oxidation sites excluding steroid dienone is 7. The quantitative estimate of drug-likeness (QED) is 0.159. The molecule has 282 valence electrons. The fourth-order valence-electron chi connectivity index (χ4n) is 4.42. The van der Waals surface area contributed by atoms with Gasteiger partial charge in [0.1, 0.15) is 37.2 Å². The van der Waals surface area contributed by atoms with Crippen molar-refractivity contribution >= 4 is 74.2 Å². The van der Waals surface area contributed by atoms with E-state index in [1.807, 2.05) is 6.08 Å². The summed E-state index contributed by atoms with van der Waals surface area (Å²) < 4.78 is 15.0. The molecule has 13 nitrogen and oxygen atoms in total. The van der Waals surface area contributed by atoms with Gasteiger partial charge >= 0.3 is 0 Å². The van der Waals surface area contributed by atoms with Crippen molar-refractivity contribution in [3.63, 3.8) is 0 Å². The molecule has 0 bridgehead atoms. The van der Waals surface area contributed by atoms with Gasteiger partial charge < -0.3 is 13.9 Å². The number of ether oxygens (including phenoxy) is 2. The summed E-state index contributed by atoms with van der Waals surface area (Å²) in [6.07, 6.45) is 14.5. The minimum atomic E-state index is -0.903. The van der Waals surface area contributed by atoms with Crippen LogP contribution in [0.2, 0.25) is 0 Å².